The molecular weight excluding hydrogens is 279 g/mol. The summed E-state index contributed by atoms with van der Waals surface area (Å²) in [5.74, 6) is -0.228. The Hall–Kier alpha value is -2.36. The highest BCUT2D eigenvalue weighted by molar-refractivity contribution is 5.76. The number of halogens is 1. The molecule has 2 rings (SSSR count). The summed E-state index contributed by atoms with van der Waals surface area (Å²) in [5, 5.41) is 2.89. The Morgan fingerprint density at radius 2 is 1.91 bits per heavy atom. The SMILES string of the molecule is Cc1cc(F)ccc1CCNC(=O)CCc1ccccc1N. The molecule has 4 heteroatoms. The van der Waals surface area contributed by atoms with E-state index in [2.05, 4.69) is 5.32 Å². The summed E-state index contributed by atoms with van der Waals surface area (Å²) in [6, 6.07) is 12.3. The third-order valence-electron chi connectivity index (χ3n) is 3.70. The molecule has 0 aromatic heterocycles. The Morgan fingerprint density at radius 3 is 2.64 bits per heavy atom. The van der Waals surface area contributed by atoms with Crippen LogP contribution in [0.15, 0.2) is 42.5 Å². The van der Waals surface area contributed by atoms with Crippen LogP contribution in [0, 0.1) is 12.7 Å². The highest BCUT2D eigenvalue weighted by Crippen LogP contribution is 2.13. The number of hydrogen-bond donors (Lipinski definition) is 2. The van der Waals surface area contributed by atoms with E-state index in [9.17, 15) is 9.18 Å². The highest BCUT2D eigenvalue weighted by Gasteiger charge is 2.05. The molecule has 3 nitrogen and oxygen atoms in total. The molecule has 0 unspecified atom stereocenters. The molecule has 116 valence electrons. The molecular formula is C18H21FN2O. The van der Waals surface area contributed by atoms with Gasteiger partial charge in [0, 0.05) is 18.7 Å². The van der Waals surface area contributed by atoms with Crippen molar-refractivity contribution in [2.45, 2.75) is 26.2 Å². The minimum absolute atomic E-state index is 0.00279. The second-order valence-corrected chi connectivity index (χ2v) is 5.37. The first-order chi connectivity index (χ1) is 10.6. The van der Waals surface area contributed by atoms with Crippen LogP contribution in [-0.2, 0) is 17.6 Å². The van der Waals surface area contributed by atoms with Crippen molar-refractivity contribution < 1.29 is 9.18 Å². The molecule has 2 aromatic rings. The van der Waals surface area contributed by atoms with E-state index in [0.717, 1.165) is 22.4 Å². The minimum atomic E-state index is -0.231. The number of rotatable bonds is 6. The number of para-hydroxylation sites is 1. The van der Waals surface area contributed by atoms with E-state index in [1.165, 1.54) is 12.1 Å². The van der Waals surface area contributed by atoms with Crippen LogP contribution in [0.2, 0.25) is 0 Å². The number of carbonyl (C=O) groups is 1. The van der Waals surface area contributed by atoms with Crippen LogP contribution < -0.4 is 11.1 Å². The van der Waals surface area contributed by atoms with Gasteiger partial charge in [0.1, 0.15) is 5.82 Å². The second kappa shape index (κ2) is 7.59. The maximum Gasteiger partial charge on any atom is 0.220 e. The normalized spacial score (nSPS) is 10.5. The zero-order valence-corrected chi connectivity index (χ0v) is 12.7. The van der Waals surface area contributed by atoms with Crippen molar-refractivity contribution in [1.29, 1.82) is 0 Å². The number of nitrogens with one attached hydrogen (secondary N) is 1. The standard InChI is InChI=1S/C18H21FN2O/c1-13-12-16(19)8-6-14(13)10-11-21-18(22)9-7-15-4-2-3-5-17(15)20/h2-6,8,12H,7,9-11,20H2,1H3,(H,21,22). The third-order valence-corrected chi connectivity index (χ3v) is 3.70. The van der Waals surface area contributed by atoms with Gasteiger partial charge in [-0.1, -0.05) is 24.3 Å². The van der Waals surface area contributed by atoms with Crippen LogP contribution in [0.3, 0.4) is 0 Å². The first-order valence-electron chi connectivity index (χ1n) is 7.41. The van der Waals surface area contributed by atoms with Crippen molar-refractivity contribution in [3.63, 3.8) is 0 Å². The molecule has 0 heterocycles. The summed E-state index contributed by atoms with van der Waals surface area (Å²) in [6.45, 7) is 2.42. The third kappa shape index (κ3) is 4.58. The molecule has 0 atom stereocenters. The smallest absolute Gasteiger partial charge is 0.220 e. The summed E-state index contributed by atoms with van der Waals surface area (Å²) in [5.41, 5.74) is 9.52. The first-order valence-corrected chi connectivity index (χ1v) is 7.41. The Labute approximate surface area is 130 Å². The Kier molecular flexibility index (Phi) is 5.53. The highest BCUT2D eigenvalue weighted by atomic mass is 19.1. The summed E-state index contributed by atoms with van der Waals surface area (Å²) >= 11 is 0. The van der Waals surface area contributed by atoms with Gasteiger partial charge in [0.25, 0.3) is 0 Å². The number of carbonyl (C=O) groups excluding carboxylic acids is 1. The molecule has 0 aliphatic rings. The van der Waals surface area contributed by atoms with Crippen molar-refractivity contribution in [3.8, 4) is 0 Å². The van der Waals surface area contributed by atoms with Crippen LogP contribution in [-0.4, -0.2) is 12.5 Å². The molecule has 0 saturated heterocycles. The molecule has 3 N–H and O–H groups in total. The molecule has 0 spiro atoms. The lowest BCUT2D eigenvalue weighted by Gasteiger charge is -2.08. The molecule has 0 fully saturated rings. The van der Waals surface area contributed by atoms with Crippen LogP contribution >= 0.6 is 0 Å². The van der Waals surface area contributed by atoms with Gasteiger partial charge in [-0.3, -0.25) is 4.79 Å². The van der Waals surface area contributed by atoms with Gasteiger partial charge in [-0.2, -0.15) is 0 Å². The molecule has 0 aliphatic carbocycles. The predicted molar refractivity (Wildman–Crippen MR) is 87.0 cm³/mol. The quantitative estimate of drug-likeness (QED) is 0.806. The fourth-order valence-electron chi connectivity index (χ4n) is 2.37. The van der Waals surface area contributed by atoms with E-state index in [0.29, 0.717) is 25.8 Å². The van der Waals surface area contributed by atoms with Gasteiger partial charge in [0.05, 0.1) is 0 Å². The number of nitrogen functional groups attached to an aromatic ring is 1. The average Bonchev–Trinajstić information content (AvgIpc) is 2.49. The Balaban J connectivity index is 1.75. The van der Waals surface area contributed by atoms with Crippen LogP contribution in [0.4, 0.5) is 10.1 Å². The monoisotopic (exact) mass is 300 g/mol. The number of hydrogen-bond acceptors (Lipinski definition) is 2. The van der Waals surface area contributed by atoms with Crippen molar-refractivity contribution in [3.05, 3.63) is 65.0 Å². The van der Waals surface area contributed by atoms with Crippen molar-refractivity contribution in [2.75, 3.05) is 12.3 Å². The van der Waals surface area contributed by atoms with E-state index >= 15 is 0 Å². The van der Waals surface area contributed by atoms with Gasteiger partial charge in [-0.25, -0.2) is 4.39 Å². The average molecular weight is 300 g/mol. The fourth-order valence-corrected chi connectivity index (χ4v) is 2.37. The number of anilines is 1. The van der Waals surface area contributed by atoms with Gasteiger partial charge in [0.15, 0.2) is 0 Å². The van der Waals surface area contributed by atoms with Crippen LogP contribution in [0.25, 0.3) is 0 Å². The largest absolute Gasteiger partial charge is 0.399 e. The van der Waals surface area contributed by atoms with E-state index in [-0.39, 0.29) is 11.7 Å². The maximum atomic E-state index is 13.0. The Morgan fingerprint density at radius 1 is 1.14 bits per heavy atom. The van der Waals surface area contributed by atoms with Gasteiger partial charge in [0.2, 0.25) is 5.91 Å². The van der Waals surface area contributed by atoms with E-state index in [4.69, 9.17) is 5.73 Å². The van der Waals surface area contributed by atoms with Gasteiger partial charge in [-0.15, -0.1) is 0 Å². The van der Waals surface area contributed by atoms with Gasteiger partial charge >= 0.3 is 0 Å². The zero-order valence-electron chi connectivity index (χ0n) is 12.7. The first kappa shape index (κ1) is 16.0. The summed E-state index contributed by atoms with van der Waals surface area (Å²) in [6.07, 6.45) is 1.75. The summed E-state index contributed by atoms with van der Waals surface area (Å²) < 4.78 is 13.0. The fraction of sp³-hybridized carbons (Fsp3) is 0.278. The molecule has 22 heavy (non-hydrogen) atoms. The van der Waals surface area contributed by atoms with Crippen molar-refractivity contribution in [1.82, 2.24) is 5.32 Å². The number of benzene rings is 2. The van der Waals surface area contributed by atoms with Crippen LogP contribution in [0.1, 0.15) is 23.1 Å². The second-order valence-electron chi connectivity index (χ2n) is 5.37. The number of amides is 1. The van der Waals surface area contributed by atoms with E-state index in [1.54, 1.807) is 6.07 Å². The topological polar surface area (TPSA) is 55.1 Å². The molecule has 0 bridgehead atoms. The van der Waals surface area contributed by atoms with Crippen molar-refractivity contribution in [2.24, 2.45) is 0 Å². The van der Waals surface area contributed by atoms with E-state index < -0.39 is 0 Å². The maximum absolute atomic E-state index is 13.0. The molecule has 0 aliphatic heterocycles. The molecule has 1 amide bonds. The number of aryl methyl sites for hydroxylation is 2. The molecule has 0 radical (unpaired) electrons. The zero-order chi connectivity index (χ0) is 15.9. The van der Waals surface area contributed by atoms with Crippen molar-refractivity contribution >= 4 is 11.6 Å². The van der Waals surface area contributed by atoms with Crippen LogP contribution in [0.5, 0.6) is 0 Å². The molecule has 0 saturated carbocycles. The lowest BCUT2D eigenvalue weighted by atomic mass is 10.1. The predicted octanol–water partition coefficient (Wildman–Crippen LogP) is 3.01. The number of nitrogens with two attached hydrogens (primary N) is 1. The lowest BCUT2D eigenvalue weighted by molar-refractivity contribution is -0.121. The van der Waals surface area contributed by atoms with E-state index in [1.807, 2.05) is 31.2 Å². The Bertz CT molecular complexity index is 655. The summed E-state index contributed by atoms with van der Waals surface area (Å²) in [4.78, 5) is 11.8. The van der Waals surface area contributed by atoms with Gasteiger partial charge in [-0.05, 0) is 54.7 Å². The minimum Gasteiger partial charge on any atom is -0.399 e. The molecule has 2 aromatic carbocycles. The van der Waals surface area contributed by atoms with Gasteiger partial charge < -0.3 is 11.1 Å². The lowest BCUT2D eigenvalue weighted by Crippen LogP contribution is -2.26. The summed E-state index contributed by atoms with van der Waals surface area (Å²) in [7, 11) is 0.